The summed E-state index contributed by atoms with van der Waals surface area (Å²) in [5.41, 5.74) is 3.43. The number of esters is 1. The Morgan fingerprint density at radius 1 is 1.00 bits per heavy atom. The van der Waals surface area contributed by atoms with Crippen LogP contribution in [0.15, 0.2) is 48.5 Å². The summed E-state index contributed by atoms with van der Waals surface area (Å²) in [6, 6.07) is 15.6. The second-order valence-electron chi connectivity index (χ2n) is 12.7. The van der Waals surface area contributed by atoms with Crippen molar-refractivity contribution in [2.24, 2.45) is 5.41 Å². The first-order valence-electron chi connectivity index (χ1n) is 14.6. The molecule has 3 aliphatic rings. The Balaban J connectivity index is 1.23. The van der Waals surface area contributed by atoms with Gasteiger partial charge in [-0.15, -0.1) is 0 Å². The average molecular weight is 559 g/mol. The van der Waals surface area contributed by atoms with Gasteiger partial charge < -0.3 is 19.1 Å². The summed E-state index contributed by atoms with van der Waals surface area (Å²) in [6.45, 7) is 7.80. The third kappa shape index (κ3) is 5.25. The first kappa shape index (κ1) is 27.5. The number of hydrogen-bond donors (Lipinski definition) is 0. The SMILES string of the molecule is COC(=O)c1ccc2cc(-c3ccc(C4CC45CCN(C(=O)[C@H]4CCCO4)CC5)cc3)n(C(=O)OC(C)(C)C)c2c1. The van der Waals surface area contributed by atoms with Gasteiger partial charge in [0.2, 0.25) is 0 Å². The molecule has 2 atom stereocenters. The predicted molar refractivity (Wildman–Crippen MR) is 155 cm³/mol. The number of piperidine rings is 1. The lowest BCUT2D eigenvalue weighted by Gasteiger charge is -2.34. The van der Waals surface area contributed by atoms with Gasteiger partial charge in [0, 0.05) is 25.1 Å². The van der Waals surface area contributed by atoms with E-state index in [-0.39, 0.29) is 17.4 Å². The highest BCUT2D eigenvalue weighted by Gasteiger charge is 2.55. The second-order valence-corrected chi connectivity index (χ2v) is 12.7. The molecule has 216 valence electrons. The van der Waals surface area contributed by atoms with Gasteiger partial charge in [-0.05, 0) is 93.5 Å². The van der Waals surface area contributed by atoms with Crippen LogP contribution in [-0.2, 0) is 19.0 Å². The molecule has 2 saturated heterocycles. The maximum absolute atomic E-state index is 13.4. The van der Waals surface area contributed by atoms with Crippen molar-refractivity contribution in [3.05, 3.63) is 59.7 Å². The first-order valence-corrected chi connectivity index (χ1v) is 14.6. The number of hydrogen-bond acceptors (Lipinski definition) is 6. The Labute approximate surface area is 240 Å². The van der Waals surface area contributed by atoms with Crippen molar-refractivity contribution in [2.75, 3.05) is 26.8 Å². The first-order chi connectivity index (χ1) is 19.6. The van der Waals surface area contributed by atoms with E-state index in [0.717, 1.165) is 56.1 Å². The quantitative estimate of drug-likeness (QED) is 0.357. The number of fused-ring (bicyclic) bond motifs is 1. The fourth-order valence-electron chi connectivity index (χ4n) is 6.57. The number of amides is 1. The number of nitrogens with zero attached hydrogens (tertiary/aromatic N) is 2. The van der Waals surface area contributed by atoms with E-state index >= 15 is 0 Å². The largest absolute Gasteiger partial charge is 0.465 e. The molecule has 1 amide bonds. The lowest BCUT2D eigenvalue weighted by Crippen LogP contribution is -2.44. The minimum absolute atomic E-state index is 0.165. The van der Waals surface area contributed by atoms with Crippen LogP contribution in [0.4, 0.5) is 4.79 Å². The molecule has 0 bridgehead atoms. The van der Waals surface area contributed by atoms with E-state index in [4.69, 9.17) is 14.2 Å². The minimum atomic E-state index is -0.681. The summed E-state index contributed by atoms with van der Waals surface area (Å²) >= 11 is 0. The van der Waals surface area contributed by atoms with Crippen molar-refractivity contribution in [3.8, 4) is 11.3 Å². The molecule has 6 rings (SSSR count). The summed E-state index contributed by atoms with van der Waals surface area (Å²) in [5.74, 6) is 0.184. The van der Waals surface area contributed by atoms with Crippen LogP contribution in [0.2, 0.25) is 0 Å². The van der Waals surface area contributed by atoms with Gasteiger partial charge in [-0.25, -0.2) is 14.2 Å². The van der Waals surface area contributed by atoms with E-state index in [2.05, 4.69) is 24.3 Å². The van der Waals surface area contributed by atoms with E-state index in [1.165, 1.54) is 12.7 Å². The van der Waals surface area contributed by atoms with Crippen LogP contribution in [0, 0.1) is 5.41 Å². The Morgan fingerprint density at radius 2 is 1.73 bits per heavy atom. The molecular formula is C33H38N2O6. The molecule has 3 aromatic rings. The molecule has 2 aliphatic heterocycles. The van der Waals surface area contributed by atoms with E-state index in [1.54, 1.807) is 16.7 Å². The number of carbonyl (C=O) groups is 3. The number of rotatable bonds is 4. The predicted octanol–water partition coefficient (Wildman–Crippen LogP) is 6.15. The summed E-state index contributed by atoms with van der Waals surface area (Å²) in [7, 11) is 1.34. The van der Waals surface area contributed by atoms with Crippen molar-refractivity contribution in [1.82, 2.24) is 9.47 Å². The zero-order valence-electron chi connectivity index (χ0n) is 24.3. The van der Waals surface area contributed by atoms with Crippen LogP contribution in [-0.4, -0.2) is 65.9 Å². The highest BCUT2D eigenvalue weighted by molar-refractivity contribution is 6.00. The van der Waals surface area contributed by atoms with Crippen molar-refractivity contribution in [2.45, 2.75) is 70.5 Å². The fourth-order valence-corrected chi connectivity index (χ4v) is 6.57. The molecule has 3 fully saturated rings. The lowest BCUT2D eigenvalue weighted by atomic mass is 9.88. The van der Waals surface area contributed by atoms with Gasteiger partial charge in [0.1, 0.15) is 11.7 Å². The second kappa shape index (κ2) is 10.3. The van der Waals surface area contributed by atoms with E-state index in [1.807, 2.05) is 37.8 Å². The van der Waals surface area contributed by atoms with Crippen LogP contribution in [0.5, 0.6) is 0 Å². The zero-order chi connectivity index (χ0) is 28.9. The molecule has 8 heteroatoms. The fraction of sp³-hybridized carbons (Fsp3) is 0.485. The molecule has 0 N–H and O–H groups in total. The highest BCUT2D eigenvalue weighted by atomic mass is 16.6. The van der Waals surface area contributed by atoms with Crippen LogP contribution in [0.25, 0.3) is 22.2 Å². The van der Waals surface area contributed by atoms with Gasteiger partial charge in [0.25, 0.3) is 5.91 Å². The Hall–Kier alpha value is -3.65. The molecule has 3 heterocycles. The summed E-state index contributed by atoms with van der Waals surface area (Å²) < 4.78 is 17.8. The Morgan fingerprint density at radius 3 is 2.37 bits per heavy atom. The monoisotopic (exact) mass is 558 g/mol. The minimum Gasteiger partial charge on any atom is -0.465 e. The molecular weight excluding hydrogens is 520 g/mol. The lowest BCUT2D eigenvalue weighted by molar-refractivity contribution is -0.142. The maximum atomic E-state index is 13.4. The number of benzene rings is 2. The molecule has 0 radical (unpaired) electrons. The molecule has 1 aliphatic carbocycles. The number of aromatic nitrogens is 1. The molecule has 41 heavy (non-hydrogen) atoms. The Bertz CT molecular complexity index is 1480. The van der Waals surface area contributed by atoms with E-state index in [9.17, 15) is 14.4 Å². The van der Waals surface area contributed by atoms with Gasteiger partial charge >= 0.3 is 12.1 Å². The van der Waals surface area contributed by atoms with Gasteiger partial charge in [-0.1, -0.05) is 30.3 Å². The number of ether oxygens (including phenoxy) is 3. The van der Waals surface area contributed by atoms with E-state index in [0.29, 0.717) is 29.3 Å². The molecule has 2 aromatic carbocycles. The van der Waals surface area contributed by atoms with Crippen molar-refractivity contribution < 1.29 is 28.6 Å². The van der Waals surface area contributed by atoms with Crippen molar-refractivity contribution in [3.63, 3.8) is 0 Å². The third-order valence-electron chi connectivity index (χ3n) is 8.88. The molecule has 1 aromatic heterocycles. The standard InChI is InChI=1S/C33H38N2O6/c1-32(2,3)41-31(38)35-26(18-23-11-12-24(19-27(23)35)30(37)39-4)22-9-7-21(8-10-22)25-20-33(25)13-15-34(16-14-33)29(36)28-6-5-17-40-28/h7-12,18-19,25,28H,5-6,13-17,20H2,1-4H3/t25?,28-/m1/s1. The van der Waals surface area contributed by atoms with Crippen molar-refractivity contribution in [1.29, 1.82) is 0 Å². The maximum Gasteiger partial charge on any atom is 0.419 e. The van der Waals surface area contributed by atoms with Crippen LogP contribution >= 0.6 is 0 Å². The van der Waals surface area contributed by atoms with Crippen LogP contribution in [0.1, 0.15) is 74.7 Å². The average Bonchev–Trinajstić information content (AvgIpc) is 3.30. The topological polar surface area (TPSA) is 87.1 Å². The van der Waals surface area contributed by atoms with Crippen molar-refractivity contribution >= 4 is 28.9 Å². The zero-order valence-corrected chi connectivity index (χ0v) is 24.3. The molecule has 1 saturated carbocycles. The Kier molecular flexibility index (Phi) is 6.92. The van der Waals surface area contributed by atoms with Gasteiger partial charge in [-0.3, -0.25) is 4.79 Å². The normalized spacial score (nSPS) is 21.7. The smallest absolute Gasteiger partial charge is 0.419 e. The van der Waals surface area contributed by atoms with Gasteiger partial charge in [-0.2, -0.15) is 0 Å². The molecule has 1 unspecified atom stereocenters. The summed E-state index contributed by atoms with van der Waals surface area (Å²) in [6.07, 6.45) is 4.26. The number of carbonyl (C=O) groups excluding carboxylic acids is 3. The third-order valence-corrected chi connectivity index (χ3v) is 8.88. The van der Waals surface area contributed by atoms with Gasteiger partial charge in [0.15, 0.2) is 0 Å². The number of methoxy groups -OCH3 is 1. The summed E-state index contributed by atoms with van der Waals surface area (Å²) in [4.78, 5) is 40.4. The van der Waals surface area contributed by atoms with Crippen LogP contribution < -0.4 is 0 Å². The molecule has 1 spiro atoms. The number of likely N-dealkylation sites (tertiary alicyclic amines) is 1. The highest BCUT2D eigenvalue weighted by Crippen LogP contribution is 2.65. The summed E-state index contributed by atoms with van der Waals surface area (Å²) in [5, 5.41) is 0.827. The van der Waals surface area contributed by atoms with Crippen LogP contribution in [0.3, 0.4) is 0 Å². The van der Waals surface area contributed by atoms with E-state index < -0.39 is 17.7 Å². The molecule has 8 nitrogen and oxygen atoms in total. The van der Waals surface area contributed by atoms with Gasteiger partial charge in [0.05, 0.1) is 23.9 Å².